The van der Waals surface area contributed by atoms with E-state index in [4.69, 9.17) is 14.2 Å². The Morgan fingerprint density at radius 3 is 0.800 bits per heavy atom. The lowest BCUT2D eigenvalue weighted by atomic mass is 10.1. The molecule has 80 heavy (non-hydrogen) atoms. The third-order valence-electron chi connectivity index (χ3n) is 13.2. The summed E-state index contributed by atoms with van der Waals surface area (Å²) in [5.41, 5.74) is 0. The molecule has 0 spiro atoms. The van der Waals surface area contributed by atoms with Crippen molar-refractivity contribution in [3.63, 3.8) is 0 Å². The first-order valence-electron chi connectivity index (χ1n) is 32.5. The van der Waals surface area contributed by atoms with E-state index in [2.05, 4.69) is 179 Å². The SMILES string of the molecule is CC/C=C\C/C=C\C/C=C\C/C=C\C/C=C\C/C=C\C/C=C\C/C=C\CCCCC(=O)OCC(COC(=O)CCCCCCC/C=C\CCCCCCCCC)OC(=O)CCCCCCCC/C=C\C/C=C\C/C=C\C/C=C\CC. The Hall–Kier alpha value is -4.97. The van der Waals surface area contributed by atoms with E-state index in [0.717, 1.165) is 154 Å². The van der Waals surface area contributed by atoms with E-state index in [1.165, 1.54) is 70.6 Å². The van der Waals surface area contributed by atoms with E-state index in [-0.39, 0.29) is 31.1 Å². The number of hydrogen-bond acceptors (Lipinski definition) is 6. The van der Waals surface area contributed by atoms with E-state index >= 15 is 0 Å². The van der Waals surface area contributed by atoms with E-state index in [9.17, 15) is 14.4 Å². The lowest BCUT2D eigenvalue weighted by Crippen LogP contribution is -2.30. The molecule has 6 nitrogen and oxygen atoms in total. The van der Waals surface area contributed by atoms with Gasteiger partial charge in [-0.3, -0.25) is 14.4 Å². The summed E-state index contributed by atoms with van der Waals surface area (Å²) in [6, 6.07) is 0. The van der Waals surface area contributed by atoms with Crippen LogP contribution in [0.4, 0.5) is 0 Å². The molecule has 0 saturated heterocycles. The summed E-state index contributed by atoms with van der Waals surface area (Å²) in [5, 5.41) is 0. The first-order valence-corrected chi connectivity index (χ1v) is 32.5. The molecule has 0 aromatic rings. The summed E-state index contributed by atoms with van der Waals surface area (Å²) in [5.74, 6) is -0.977. The Labute approximate surface area is 492 Å². The van der Waals surface area contributed by atoms with E-state index < -0.39 is 6.10 Å². The maximum atomic E-state index is 12.9. The van der Waals surface area contributed by atoms with Crippen molar-refractivity contribution in [1.82, 2.24) is 0 Å². The largest absolute Gasteiger partial charge is 0.462 e. The molecule has 0 rings (SSSR count). The second kappa shape index (κ2) is 66.5. The minimum absolute atomic E-state index is 0.108. The standard InChI is InChI=1S/C74H118O6/c1-4-7-10-13-16-19-22-25-28-31-33-34-35-36-37-38-39-40-42-43-46-49-52-55-58-61-64-67-73(76)79-70-71(69-78-72(75)66-63-60-57-54-51-48-45-30-27-24-21-18-15-12-9-6-3)80-74(77)68-65-62-59-56-53-50-47-44-41-32-29-26-23-20-17-14-11-8-5-2/h7-8,10-11,16-17,19-20,25-26,28-30,33-34,36-37,39-41,43-46,52,55,71H,4-6,9,12-15,18,21-24,27,31-32,35,38,42,47-51,53-54,56-70H2,1-3H3/b10-7-,11-8-,19-16-,20-17-,28-25-,29-26-,34-33-,37-36-,40-39-,44-41-,45-30-,46-43-,55-52-. The molecule has 0 amide bonds. The predicted octanol–water partition coefficient (Wildman–Crippen LogP) is 22.5. The highest BCUT2D eigenvalue weighted by atomic mass is 16.6. The van der Waals surface area contributed by atoms with E-state index in [0.29, 0.717) is 25.7 Å². The summed E-state index contributed by atoms with van der Waals surface area (Å²) < 4.78 is 16.9. The van der Waals surface area contributed by atoms with Gasteiger partial charge in [-0.1, -0.05) is 262 Å². The molecule has 0 fully saturated rings. The number of unbranched alkanes of at least 4 members (excludes halogenated alkanes) is 20. The summed E-state index contributed by atoms with van der Waals surface area (Å²) >= 11 is 0. The number of carbonyl (C=O) groups is 3. The monoisotopic (exact) mass is 1100 g/mol. The van der Waals surface area contributed by atoms with Gasteiger partial charge in [0, 0.05) is 19.3 Å². The van der Waals surface area contributed by atoms with Crippen molar-refractivity contribution in [2.45, 2.75) is 277 Å². The van der Waals surface area contributed by atoms with Crippen LogP contribution in [-0.4, -0.2) is 37.2 Å². The number of allylic oxidation sites excluding steroid dienone is 26. The summed E-state index contributed by atoms with van der Waals surface area (Å²) in [6.45, 7) is 6.36. The van der Waals surface area contributed by atoms with Crippen LogP contribution < -0.4 is 0 Å². The van der Waals surface area contributed by atoms with Crippen molar-refractivity contribution >= 4 is 17.9 Å². The van der Waals surface area contributed by atoms with Crippen LogP contribution in [0.3, 0.4) is 0 Å². The highest BCUT2D eigenvalue weighted by molar-refractivity contribution is 5.71. The molecular weight excluding hydrogens is 985 g/mol. The Morgan fingerprint density at radius 2 is 0.487 bits per heavy atom. The van der Waals surface area contributed by atoms with Crippen molar-refractivity contribution in [2.24, 2.45) is 0 Å². The highest BCUT2D eigenvalue weighted by Gasteiger charge is 2.19. The second-order valence-corrected chi connectivity index (χ2v) is 20.9. The van der Waals surface area contributed by atoms with Crippen LogP contribution in [0, 0.1) is 0 Å². The third kappa shape index (κ3) is 63.9. The van der Waals surface area contributed by atoms with Crippen molar-refractivity contribution in [3.05, 3.63) is 158 Å². The van der Waals surface area contributed by atoms with Crippen LogP contribution in [0.1, 0.15) is 271 Å². The van der Waals surface area contributed by atoms with Crippen molar-refractivity contribution < 1.29 is 28.6 Å². The Balaban J connectivity index is 4.51. The van der Waals surface area contributed by atoms with Gasteiger partial charge in [-0.15, -0.1) is 0 Å². The molecule has 1 atom stereocenters. The van der Waals surface area contributed by atoms with Crippen LogP contribution in [0.25, 0.3) is 0 Å². The van der Waals surface area contributed by atoms with Gasteiger partial charge in [0.05, 0.1) is 0 Å². The number of hydrogen-bond donors (Lipinski definition) is 0. The lowest BCUT2D eigenvalue weighted by Gasteiger charge is -2.18. The van der Waals surface area contributed by atoms with Gasteiger partial charge < -0.3 is 14.2 Å². The number of carbonyl (C=O) groups excluding carboxylic acids is 3. The number of rotatable bonds is 57. The molecule has 0 N–H and O–H groups in total. The molecule has 0 aliphatic heterocycles. The molecule has 0 radical (unpaired) electrons. The average molecular weight is 1100 g/mol. The van der Waals surface area contributed by atoms with Gasteiger partial charge in [-0.25, -0.2) is 0 Å². The first-order chi connectivity index (χ1) is 39.5. The zero-order valence-corrected chi connectivity index (χ0v) is 51.5. The zero-order chi connectivity index (χ0) is 57.8. The molecule has 0 saturated carbocycles. The topological polar surface area (TPSA) is 78.9 Å². The maximum Gasteiger partial charge on any atom is 0.306 e. The summed E-state index contributed by atoms with van der Waals surface area (Å²) in [4.78, 5) is 38.4. The molecule has 6 heteroatoms. The lowest BCUT2D eigenvalue weighted by molar-refractivity contribution is -0.167. The molecular formula is C74H118O6. The minimum Gasteiger partial charge on any atom is -0.462 e. The Morgan fingerprint density at radius 1 is 0.263 bits per heavy atom. The van der Waals surface area contributed by atoms with Crippen molar-refractivity contribution in [1.29, 1.82) is 0 Å². The van der Waals surface area contributed by atoms with Crippen LogP contribution in [-0.2, 0) is 28.6 Å². The number of esters is 3. The molecule has 0 heterocycles. The maximum absolute atomic E-state index is 12.9. The molecule has 0 aromatic heterocycles. The van der Waals surface area contributed by atoms with E-state index in [1.807, 2.05) is 0 Å². The van der Waals surface area contributed by atoms with Gasteiger partial charge in [0.1, 0.15) is 13.2 Å². The molecule has 450 valence electrons. The fourth-order valence-electron chi connectivity index (χ4n) is 8.44. The quantitative estimate of drug-likeness (QED) is 0.0261. The average Bonchev–Trinajstić information content (AvgIpc) is 3.46. The number of ether oxygens (including phenoxy) is 3. The van der Waals surface area contributed by atoms with Gasteiger partial charge in [0.15, 0.2) is 6.10 Å². The fraction of sp³-hybridized carbons (Fsp3) is 0.608. The van der Waals surface area contributed by atoms with Gasteiger partial charge >= 0.3 is 17.9 Å². The molecule has 0 bridgehead atoms. The van der Waals surface area contributed by atoms with Crippen molar-refractivity contribution in [2.75, 3.05) is 13.2 Å². The molecule has 0 aliphatic rings. The fourth-order valence-corrected chi connectivity index (χ4v) is 8.44. The van der Waals surface area contributed by atoms with Gasteiger partial charge in [0.2, 0.25) is 0 Å². The Kier molecular flexibility index (Phi) is 62.4. The minimum atomic E-state index is -0.817. The van der Waals surface area contributed by atoms with Crippen LogP contribution in [0.5, 0.6) is 0 Å². The van der Waals surface area contributed by atoms with Crippen molar-refractivity contribution in [3.8, 4) is 0 Å². The van der Waals surface area contributed by atoms with Gasteiger partial charge in [-0.05, 0) is 148 Å². The summed E-state index contributed by atoms with van der Waals surface area (Å²) in [7, 11) is 0. The van der Waals surface area contributed by atoms with Crippen LogP contribution in [0.2, 0.25) is 0 Å². The van der Waals surface area contributed by atoms with E-state index in [1.54, 1.807) is 0 Å². The van der Waals surface area contributed by atoms with Gasteiger partial charge in [-0.2, -0.15) is 0 Å². The van der Waals surface area contributed by atoms with Crippen LogP contribution >= 0.6 is 0 Å². The summed E-state index contributed by atoms with van der Waals surface area (Å²) in [6.07, 6.45) is 96.7. The predicted molar refractivity (Wildman–Crippen MR) is 348 cm³/mol. The first kappa shape index (κ1) is 75.0. The van der Waals surface area contributed by atoms with Crippen LogP contribution in [0.15, 0.2) is 158 Å². The third-order valence-corrected chi connectivity index (χ3v) is 13.2. The molecule has 1 unspecified atom stereocenters. The Bertz CT molecular complexity index is 1790. The second-order valence-electron chi connectivity index (χ2n) is 20.9. The highest BCUT2D eigenvalue weighted by Crippen LogP contribution is 2.14. The molecule has 0 aromatic carbocycles. The zero-order valence-electron chi connectivity index (χ0n) is 51.5. The molecule has 0 aliphatic carbocycles. The van der Waals surface area contributed by atoms with Gasteiger partial charge in [0.25, 0.3) is 0 Å². The normalized spacial score (nSPS) is 13.2. The smallest absolute Gasteiger partial charge is 0.306 e.